The van der Waals surface area contributed by atoms with Crippen LogP contribution in [0.5, 0.6) is 11.5 Å². The fourth-order valence-electron chi connectivity index (χ4n) is 6.88. The Labute approximate surface area is 274 Å². The molecule has 0 unspecified atom stereocenters. The highest BCUT2D eigenvalue weighted by Crippen LogP contribution is 2.43. The smallest absolute Gasteiger partial charge is 0.266 e. The van der Waals surface area contributed by atoms with Crippen molar-refractivity contribution >= 4 is 17.5 Å². The van der Waals surface area contributed by atoms with Gasteiger partial charge in [0.15, 0.2) is 17.8 Å². The van der Waals surface area contributed by atoms with Crippen LogP contribution in [0.4, 0.5) is 5.69 Å². The molecule has 0 radical (unpaired) electrons. The third kappa shape index (κ3) is 5.80. The van der Waals surface area contributed by atoms with Gasteiger partial charge in [-0.25, -0.2) is 4.90 Å². The second-order valence-electron chi connectivity index (χ2n) is 12.4. The third-order valence-corrected chi connectivity index (χ3v) is 9.58. The van der Waals surface area contributed by atoms with Gasteiger partial charge in [0.05, 0.1) is 49.8 Å². The van der Waals surface area contributed by atoms with E-state index >= 15 is 0 Å². The molecule has 9 heteroatoms. The van der Waals surface area contributed by atoms with Gasteiger partial charge in [-0.2, -0.15) is 0 Å². The summed E-state index contributed by atoms with van der Waals surface area (Å²) in [6.07, 6.45) is -0.198. The number of methoxy groups -OCH3 is 2. The predicted octanol–water partition coefficient (Wildman–Crippen LogP) is 5.85. The maximum Gasteiger partial charge on any atom is 0.266 e. The highest BCUT2D eigenvalue weighted by atomic mass is 16.7. The fraction of sp³-hybridized carbons (Fsp3) is 0.316. The van der Waals surface area contributed by atoms with Crippen molar-refractivity contribution in [1.29, 1.82) is 0 Å². The minimum absolute atomic E-state index is 0.0237. The third-order valence-electron chi connectivity index (χ3n) is 9.58. The van der Waals surface area contributed by atoms with Crippen LogP contribution in [-0.4, -0.2) is 55.2 Å². The second-order valence-corrected chi connectivity index (χ2v) is 12.4. The lowest BCUT2D eigenvalue weighted by Crippen LogP contribution is -2.45. The summed E-state index contributed by atoms with van der Waals surface area (Å²) in [5, 5.41) is 9.61. The van der Waals surface area contributed by atoms with Crippen LogP contribution in [0.15, 0.2) is 84.9 Å². The van der Waals surface area contributed by atoms with Crippen molar-refractivity contribution in [3.8, 4) is 11.5 Å². The van der Waals surface area contributed by atoms with Crippen LogP contribution in [0.25, 0.3) is 0 Å². The lowest BCUT2D eigenvalue weighted by molar-refractivity contribution is -0.276. The number of fused-ring (bicyclic) bond motifs is 2. The standard InChI is InChI=1S/C38H38N2O7/c1-23-34(21-39-17-16-27-18-32(44-2)33(45-3)19-28(27)20-39)46-38(47-35(23)25-10-8-24(22-41)9-11-25)26-12-14-29(15-13-26)40-36(42)30-6-4-5-7-31(30)37(40)43/h4-15,18-19,23,34-35,38,41H,16-17,20-22H2,1-3H3/t23-,34+,35+,38+/m0/s1. The maximum absolute atomic E-state index is 13.1. The molecule has 9 nitrogen and oxygen atoms in total. The van der Waals surface area contributed by atoms with E-state index in [0.29, 0.717) is 23.4 Å². The molecule has 242 valence electrons. The Hall–Kier alpha value is -4.54. The summed E-state index contributed by atoms with van der Waals surface area (Å²) in [7, 11) is 3.31. The molecule has 0 aromatic heterocycles. The Morgan fingerprint density at radius 3 is 2.04 bits per heavy atom. The Morgan fingerprint density at radius 1 is 0.809 bits per heavy atom. The van der Waals surface area contributed by atoms with Gasteiger partial charge in [0.2, 0.25) is 0 Å². The molecule has 7 rings (SSSR count). The lowest BCUT2D eigenvalue weighted by Gasteiger charge is -2.43. The quantitative estimate of drug-likeness (QED) is 0.241. The molecule has 1 saturated heterocycles. The van der Waals surface area contributed by atoms with Crippen molar-refractivity contribution < 1.29 is 33.6 Å². The van der Waals surface area contributed by atoms with Crippen molar-refractivity contribution in [3.05, 3.63) is 124 Å². The number of anilines is 1. The molecule has 1 fully saturated rings. The first-order valence-electron chi connectivity index (χ1n) is 15.9. The predicted molar refractivity (Wildman–Crippen MR) is 176 cm³/mol. The Balaban J connectivity index is 1.14. The number of amides is 2. The molecule has 47 heavy (non-hydrogen) atoms. The summed E-state index contributed by atoms with van der Waals surface area (Å²) in [4.78, 5) is 29.8. The zero-order chi connectivity index (χ0) is 32.7. The number of aliphatic hydroxyl groups is 1. The summed E-state index contributed by atoms with van der Waals surface area (Å²) in [6.45, 7) is 4.47. The number of aliphatic hydroxyl groups excluding tert-OH is 1. The van der Waals surface area contributed by atoms with E-state index in [4.69, 9.17) is 18.9 Å². The molecule has 4 atom stereocenters. The Bertz CT molecular complexity index is 1750. The van der Waals surface area contributed by atoms with Crippen molar-refractivity contribution in [2.24, 2.45) is 5.92 Å². The first-order valence-corrected chi connectivity index (χ1v) is 15.9. The summed E-state index contributed by atoms with van der Waals surface area (Å²) in [5.41, 5.74) is 6.43. The van der Waals surface area contributed by atoms with Gasteiger partial charge >= 0.3 is 0 Å². The van der Waals surface area contributed by atoms with Gasteiger partial charge in [-0.1, -0.05) is 55.5 Å². The largest absolute Gasteiger partial charge is 0.493 e. The molecule has 4 aromatic rings. The zero-order valence-electron chi connectivity index (χ0n) is 26.7. The van der Waals surface area contributed by atoms with Gasteiger partial charge in [0.1, 0.15) is 0 Å². The van der Waals surface area contributed by atoms with E-state index in [2.05, 4.69) is 24.0 Å². The summed E-state index contributed by atoms with van der Waals surface area (Å²) < 4.78 is 24.5. The average Bonchev–Trinajstić information content (AvgIpc) is 3.37. The fourth-order valence-corrected chi connectivity index (χ4v) is 6.88. The van der Waals surface area contributed by atoms with Crippen LogP contribution in [0, 0.1) is 5.92 Å². The van der Waals surface area contributed by atoms with E-state index in [9.17, 15) is 14.7 Å². The van der Waals surface area contributed by atoms with E-state index in [1.807, 2.05) is 36.4 Å². The topological polar surface area (TPSA) is 97.8 Å². The minimum atomic E-state index is -0.670. The molecule has 1 N–H and O–H groups in total. The van der Waals surface area contributed by atoms with E-state index < -0.39 is 6.29 Å². The SMILES string of the molecule is COc1cc2c(cc1OC)CN(C[C@H]1O[C@@H](c3ccc(N4C(=O)c5ccccc5C4=O)cc3)O[C@@H](c3ccc(CO)cc3)[C@H]1C)CC2. The van der Waals surface area contributed by atoms with E-state index in [1.165, 1.54) is 16.0 Å². The number of rotatable bonds is 8. The molecular weight excluding hydrogens is 596 g/mol. The number of imide groups is 1. The van der Waals surface area contributed by atoms with E-state index in [0.717, 1.165) is 47.7 Å². The second kappa shape index (κ2) is 12.9. The number of ether oxygens (including phenoxy) is 4. The number of benzene rings is 4. The van der Waals surface area contributed by atoms with Gasteiger partial charge < -0.3 is 24.1 Å². The van der Waals surface area contributed by atoms with Crippen molar-refractivity contribution in [2.75, 3.05) is 32.2 Å². The molecule has 3 aliphatic heterocycles. The number of carbonyl (C=O) groups is 2. The van der Waals surface area contributed by atoms with Gasteiger partial charge in [-0.15, -0.1) is 0 Å². The highest BCUT2D eigenvalue weighted by molar-refractivity contribution is 6.34. The molecule has 0 bridgehead atoms. The number of hydrogen-bond donors (Lipinski definition) is 1. The molecule has 3 heterocycles. The first kappa shape index (κ1) is 31.1. The van der Waals surface area contributed by atoms with E-state index in [-0.39, 0.29) is 36.5 Å². The van der Waals surface area contributed by atoms with Gasteiger partial charge in [0.25, 0.3) is 11.8 Å². The lowest BCUT2D eigenvalue weighted by atomic mass is 9.89. The number of nitrogens with zero attached hydrogens (tertiary/aromatic N) is 2. The molecule has 0 spiro atoms. The van der Waals surface area contributed by atoms with Crippen LogP contribution >= 0.6 is 0 Å². The molecule has 2 amide bonds. The summed E-state index contributed by atoms with van der Waals surface area (Å²) in [6, 6.07) is 26.1. The van der Waals surface area contributed by atoms with Crippen LogP contribution in [0.2, 0.25) is 0 Å². The van der Waals surface area contributed by atoms with E-state index in [1.54, 1.807) is 50.6 Å². The average molecular weight is 635 g/mol. The minimum Gasteiger partial charge on any atom is -0.493 e. The van der Waals surface area contributed by atoms with Crippen molar-refractivity contribution in [1.82, 2.24) is 4.90 Å². The van der Waals surface area contributed by atoms with Crippen LogP contribution < -0.4 is 14.4 Å². The van der Waals surface area contributed by atoms with Crippen LogP contribution in [-0.2, 0) is 29.0 Å². The summed E-state index contributed by atoms with van der Waals surface area (Å²) in [5.74, 6) is 0.828. The first-order chi connectivity index (χ1) is 22.9. The normalized spacial score (nSPS) is 22.6. The molecule has 0 aliphatic carbocycles. The van der Waals surface area contributed by atoms with Crippen LogP contribution in [0.3, 0.4) is 0 Å². The van der Waals surface area contributed by atoms with Crippen molar-refractivity contribution in [2.45, 2.75) is 45.0 Å². The number of carbonyl (C=O) groups excluding carboxylic acids is 2. The molecular formula is C38H38N2O7. The summed E-state index contributed by atoms with van der Waals surface area (Å²) >= 11 is 0. The molecule has 0 saturated carbocycles. The zero-order valence-corrected chi connectivity index (χ0v) is 26.7. The Morgan fingerprint density at radius 2 is 1.43 bits per heavy atom. The number of hydrogen-bond acceptors (Lipinski definition) is 8. The van der Waals surface area contributed by atoms with Gasteiger partial charge in [0, 0.05) is 31.1 Å². The molecule has 3 aliphatic rings. The monoisotopic (exact) mass is 634 g/mol. The van der Waals surface area contributed by atoms with Gasteiger partial charge in [-0.3, -0.25) is 14.5 Å². The Kier molecular flexibility index (Phi) is 8.55. The van der Waals surface area contributed by atoms with Crippen molar-refractivity contribution in [3.63, 3.8) is 0 Å². The van der Waals surface area contributed by atoms with Gasteiger partial charge in [-0.05, 0) is 65.1 Å². The maximum atomic E-state index is 13.1. The molecule has 4 aromatic carbocycles. The highest BCUT2D eigenvalue weighted by Gasteiger charge is 2.40. The van der Waals surface area contributed by atoms with Crippen LogP contribution in [0.1, 0.15) is 67.9 Å².